The standard InChI is InChI=1S/C8H10ClNO2/c1-12-7(11)5-6-3-2-4-10-8(6)9/h2-4,7,11H,5H2,1H3. The van der Waals surface area contributed by atoms with Gasteiger partial charge in [-0.05, 0) is 11.6 Å². The van der Waals surface area contributed by atoms with Gasteiger partial charge in [0.05, 0.1) is 0 Å². The highest BCUT2D eigenvalue weighted by Gasteiger charge is 2.06. The smallest absolute Gasteiger partial charge is 0.158 e. The monoisotopic (exact) mass is 187 g/mol. The van der Waals surface area contributed by atoms with Crippen molar-refractivity contribution in [2.45, 2.75) is 12.7 Å². The molecular weight excluding hydrogens is 178 g/mol. The number of aliphatic hydroxyl groups is 1. The van der Waals surface area contributed by atoms with Crippen LogP contribution in [-0.2, 0) is 11.2 Å². The van der Waals surface area contributed by atoms with Gasteiger partial charge in [0, 0.05) is 19.7 Å². The van der Waals surface area contributed by atoms with E-state index in [0.717, 1.165) is 5.56 Å². The molecule has 0 aliphatic rings. The van der Waals surface area contributed by atoms with Gasteiger partial charge in [0.1, 0.15) is 5.15 Å². The average molecular weight is 188 g/mol. The van der Waals surface area contributed by atoms with Crippen LogP contribution in [0.4, 0.5) is 0 Å². The minimum Gasteiger partial charge on any atom is -0.368 e. The van der Waals surface area contributed by atoms with E-state index >= 15 is 0 Å². The van der Waals surface area contributed by atoms with Crippen molar-refractivity contribution in [2.24, 2.45) is 0 Å². The van der Waals surface area contributed by atoms with E-state index in [1.165, 1.54) is 7.11 Å². The first-order valence-corrected chi connectivity index (χ1v) is 3.92. The summed E-state index contributed by atoms with van der Waals surface area (Å²) >= 11 is 5.75. The summed E-state index contributed by atoms with van der Waals surface area (Å²) in [4.78, 5) is 3.87. The predicted molar refractivity (Wildman–Crippen MR) is 46.0 cm³/mol. The Bertz CT molecular complexity index is 255. The number of hydrogen-bond donors (Lipinski definition) is 1. The van der Waals surface area contributed by atoms with Crippen LogP contribution in [0.3, 0.4) is 0 Å². The van der Waals surface area contributed by atoms with Gasteiger partial charge >= 0.3 is 0 Å². The number of aromatic nitrogens is 1. The lowest BCUT2D eigenvalue weighted by Gasteiger charge is -2.08. The number of aliphatic hydroxyl groups excluding tert-OH is 1. The van der Waals surface area contributed by atoms with Gasteiger partial charge in [-0.2, -0.15) is 0 Å². The Hall–Kier alpha value is -0.640. The van der Waals surface area contributed by atoms with Crippen molar-refractivity contribution < 1.29 is 9.84 Å². The maximum atomic E-state index is 9.13. The second-order valence-electron chi connectivity index (χ2n) is 2.35. The minimum atomic E-state index is -0.813. The van der Waals surface area contributed by atoms with Crippen LogP contribution in [0.1, 0.15) is 5.56 Å². The van der Waals surface area contributed by atoms with Crippen LogP contribution in [0.25, 0.3) is 0 Å². The highest BCUT2D eigenvalue weighted by atomic mass is 35.5. The molecule has 0 saturated carbocycles. The molecule has 0 spiro atoms. The SMILES string of the molecule is COC(O)Cc1cccnc1Cl. The van der Waals surface area contributed by atoms with Crippen molar-refractivity contribution in [1.29, 1.82) is 0 Å². The van der Waals surface area contributed by atoms with Crippen LogP contribution in [0, 0.1) is 0 Å². The van der Waals surface area contributed by atoms with Crippen molar-refractivity contribution in [1.82, 2.24) is 4.98 Å². The summed E-state index contributed by atoms with van der Waals surface area (Å²) in [6.45, 7) is 0. The molecule has 0 aliphatic carbocycles. The van der Waals surface area contributed by atoms with Crippen molar-refractivity contribution in [3.63, 3.8) is 0 Å². The molecular formula is C8H10ClNO2. The first kappa shape index (κ1) is 9.45. The molecule has 0 aliphatic heterocycles. The molecule has 0 amide bonds. The number of rotatable bonds is 3. The molecule has 0 radical (unpaired) electrons. The van der Waals surface area contributed by atoms with E-state index in [9.17, 15) is 0 Å². The zero-order chi connectivity index (χ0) is 8.97. The van der Waals surface area contributed by atoms with E-state index < -0.39 is 6.29 Å². The summed E-state index contributed by atoms with van der Waals surface area (Å²) in [5.74, 6) is 0. The normalized spacial score (nSPS) is 12.9. The molecule has 1 heterocycles. The van der Waals surface area contributed by atoms with E-state index in [1.807, 2.05) is 0 Å². The number of nitrogens with zero attached hydrogens (tertiary/aromatic N) is 1. The predicted octanol–water partition coefficient (Wildman–Crippen LogP) is 1.24. The summed E-state index contributed by atoms with van der Waals surface area (Å²) in [5.41, 5.74) is 0.786. The molecule has 1 N–H and O–H groups in total. The number of hydrogen-bond acceptors (Lipinski definition) is 3. The van der Waals surface area contributed by atoms with Gasteiger partial charge in [-0.3, -0.25) is 0 Å². The fraction of sp³-hybridized carbons (Fsp3) is 0.375. The Kier molecular flexibility index (Phi) is 3.47. The Morgan fingerprint density at radius 1 is 1.75 bits per heavy atom. The molecule has 1 aromatic rings. The zero-order valence-corrected chi connectivity index (χ0v) is 7.45. The summed E-state index contributed by atoms with van der Waals surface area (Å²) in [5, 5.41) is 9.54. The van der Waals surface area contributed by atoms with Gasteiger partial charge in [0.15, 0.2) is 6.29 Å². The molecule has 1 aromatic heterocycles. The molecule has 12 heavy (non-hydrogen) atoms. The molecule has 3 nitrogen and oxygen atoms in total. The first-order chi connectivity index (χ1) is 5.74. The van der Waals surface area contributed by atoms with Gasteiger partial charge in [-0.15, -0.1) is 0 Å². The number of halogens is 1. The third kappa shape index (κ3) is 2.44. The quantitative estimate of drug-likeness (QED) is 0.572. The number of pyridine rings is 1. The molecule has 1 unspecified atom stereocenters. The van der Waals surface area contributed by atoms with Gasteiger partial charge < -0.3 is 9.84 Å². The second kappa shape index (κ2) is 4.40. The van der Waals surface area contributed by atoms with Gasteiger partial charge in [-0.25, -0.2) is 4.98 Å². The Morgan fingerprint density at radius 2 is 2.50 bits per heavy atom. The second-order valence-corrected chi connectivity index (χ2v) is 2.71. The largest absolute Gasteiger partial charge is 0.368 e. The molecule has 66 valence electrons. The van der Waals surface area contributed by atoms with Crippen LogP contribution in [0.15, 0.2) is 18.3 Å². The van der Waals surface area contributed by atoms with E-state index in [2.05, 4.69) is 9.72 Å². The van der Waals surface area contributed by atoms with Crippen LogP contribution in [0.5, 0.6) is 0 Å². The van der Waals surface area contributed by atoms with Crippen LogP contribution in [-0.4, -0.2) is 23.5 Å². The number of methoxy groups -OCH3 is 1. The molecule has 4 heteroatoms. The van der Waals surface area contributed by atoms with Crippen LogP contribution >= 0.6 is 11.6 Å². The Labute approximate surface area is 76.0 Å². The molecule has 0 bridgehead atoms. The molecule has 0 aromatic carbocycles. The lowest BCUT2D eigenvalue weighted by atomic mass is 10.2. The molecule has 0 fully saturated rings. The summed E-state index contributed by atoms with van der Waals surface area (Å²) in [6.07, 6.45) is 1.15. The molecule has 0 saturated heterocycles. The van der Waals surface area contributed by atoms with E-state index in [0.29, 0.717) is 11.6 Å². The lowest BCUT2D eigenvalue weighted by molar-refractivity contribution is -0.0720. The highest BCUT2D eigenvalue weighted by molar-refractivity contribution is 6.30. The highest BCUT2D eigenvalue weighted by Crippen LogP contribution is 2.13. The minimum absolute atomic E-state index is 0.364. The fourth-order valence-electron chi connectivity index (χ4n) is 0.843. The van der Waals surface area contributed by atoms with Gasteiger partial charge in [0.25, 0.3) is 0 Å². The summed E-state index contributed by atoms with van der Waals surface area (Å²) in [7, 11) is 1.44. The maximum absolute atomic E-state index is 9.13. The Morgan fingerprint density at radius 3 is 3.08 bits per heavy atom. The number of ether oxygens (including phenoxy) is 1. The van der Waals surface area contributed by atoms with Crippen molar-refractivity contribution in [3.05, 3.63) is 29.0 Å². The van der Waals surface area contributed by atoms with Crippen molar-refractivity contribution in [3.8, 4) is 0 Å². The third-order valence-electron chi connectivity index (χ3n) is 1.50. The van der Waals surface area contributed by atoms with E-state index in [4.69, 9.17) is 16.7 Å². The first-order valence-electron chi connectivity index (χ1n) is 3.54. The topological polar surface area (TPSA) is 42.4 Å². The van der Waals surface area contributed by atoms with Gasteiger partial charge in [0.2, 0.25) is 0 Å². The van der Waals surface area contributed by atoms with Crippen molar-refractivity contribution >= 4 is 11.6 Å². The molecule has 1 atom stereocenters. The average Bonchev–Trinajstić information content (AvgIpc) is 2.09. The lowest BCUT2D eigenvalue weighted by Crippen LogP contribution is -2.12. The Balaban J connectivity index is 2.69. The fourth-order valence-corrected chi connectivity index (χ4v) is 1.04. The van der Waals surface area contributed by atoms with E-state index in [-0.39, 0.29) is 0 Å². The molecule has 1 rings (SSSR count). The summed E-state index contributed by atoms with van der Waals surface area (Å²) in [6, 6.07) is 3.57. The van der Waals surface area contributed by atoms with Crippen LogP contribution < -0.4 is 0 Å². The zero-order valence-electron chi connectivity index (χ0n) is 6.70. The summed E-state index contributed by atoms with van der Waals surface area (Å²) < 4.78 is 4.68. The van der Waals surface area contributed by atoms with Crippen molar-refractivity contribution in [2.75, 3.05) is 7.11 Å². The third-order valence-corrected chi connectivity index (χ3v) is 1.84. The maximum Gasteiger partial charge on any atom is 0.158 e. The van der Waals surface area contributed by atoms with E-state index in [1.54, 1.807) is 18.3 Å². The van der Waals surface area contributed by atoms with Gasteiger partial charge in [-0.1, -0.05) is 17.7 Å². The van der Waals surface area contributed by atoms with Crippen LogP contribution in [0.2, 0.25) is 5.15 Å².